The van der Waals surface area contributed by atoms with Crippen LogP contribution < -0.4 is 0 Å². The summed E-state index contributed by atoms with van der Waals surface area (Å²) in [6.45, 7) is 0. The molecular weight excluding hydrogens is 218 g/mol. The molecule has 2 rings (SSSR count). The largest absolute Gasteiger partial charge is 0.207 e. The minimum atomic E-state index is -0.396. The summed E-state index contributed by atoms with van der Waals surface area (Å²) >= 11 is 5.90. The van der Waals surface area contributed by atoms with Gasteiger partial charge >= 0.3 is 0 Å². The van der Waals surface area contributed by atoms with E-state index in [1.807, 2.05) is 6.08 Å². The van der Waals surface area contributed by atoms with Gasteiger partial charge in [-0.25, -0.2) is 8.78 Å². The summed E-state index contributed by atoms with van der Waals surface area (Å²) in [7, 11) is 0. The van der Waals surface area contributed by atoms with Crippen LogP contribution in [0.15, 0.2) is 29.8 Å². The Morgan fingerprint density at radius 2 is 2.13 bits per heavy atom. The van der Waals surface area contributed by atoms with E-state index in [1.165, 1.54) is 12.1 Å². The summed E-state index contributed by atoms with van der Waals surface area (Å²) < 4.78 is 26.2. The summed E-state index contributed by atoms with van der Waals surface area (Å²) in [5, 5.41) is 0.0524. The molecule has 1 unspecified atom stereocenters. The van der Waals surface area contributed by atoms with Crippen LogP contribution in [0.3, 0.4) is 0 Å². The number of hydrogen-bond donors (Lipinski definition) is 0. The van der Waals surface area contributed by atoms with Gasteiger partial charge in [0, 0.05) is 0 Å². The molecule has 1 aliphatic carbocycles. The van der Waals surface area contributed by atoms with E-state index in [0.717, 1.165) is 24.5 Å². The fourth-order valence-electron chi connectivity index (χ4n) is 1.82. The molecule has 0 saturated heterocycles. The quantitative estimate of drug-likeness (QED) is 0.533. The fraction of sp³-hybridized carbons (Fsp3) is 0.333. The Hall–Kier alpha value is -0.890. The highest BCUT2D eigenvalue weighted by atomic mass is 35.5. The second-order valence-corrected chi connectivity index (χ2v) is 4.35. The van der Waals surface area contributed by atoms with Crippen molar-refractivity contribution in [1.82, 2.24) is 0 Å². The van der Waals surface area contributed by atoms with Crippen LogP contribution in [0, 0.1) is 11.6 Å². The second kappa shape index (κ2) is 4.31. The van der Waals surface area contributed by atoms with Crippen molar-refractivity contribution in [2.45, 2.75) is 24.6 Å². The van der Waals surface area contributed by atoms with Crippen molar-refractivity contribution in [3.05, 3.63) is 47.0 Å². The number of benzene rings is 1. The highest BCUT2D eigenvalue weighted by Crippen LogP contribution is 2.26. The van der Waals surface area contributed by atoms with E-state index in [2.05, 4.69) is 0 Å². The molecule has 0 bridgehead atoms. The standard InChI is InChI=1S/C12H11ClF2/c13-10-2-1-8(6-10)5-9-7-11(14)3-4-12(9)15/h3-4,6-7,10H,1-2,5H2. The van der Waals surface area contributed by atoms with Crippen LogP contribution in [-0.4, -0.2) is 5.38 Å². The van der Waals surface area contributed by atoms with Crippen molar-refractivity contribution in [1.29, 1.82) is 0 Å². The SMILES string of the molecule is Fc1ccc(F)c(CC2=CC(Cl)CC2)c1. The third-order valence-corrected chi connectivity index (χ3v) is 2.93. The molecule has 0 aliphatic heterocycles. The van der Waals surface area contributed by atoms with Gasteiger partial charge in [0.05, 0.1) is 5.38 Å². The highest BCUT2D eigenvalue weighted by Gasteiger charge is 2.15. The molecule has 0 aromatic heterocycles. The van der Waals surface area contributed by atoms with Crippen LogP contribution >= 0.6 is 11.6 Å². The maximum Gasteiger partial charge on any atom is 0.126 e. The van der Waals surface area contributed by atoms with Gasteiger partial charge < -0.3 is 0 Å². The molecule has 1 aliphatic rings. The number of alkyl halides is 1. The van der Waals surface area contributed by atoms with Gasteiger partial charge in [-0.15, -0.1) is 11.6 Å². The normalized spacial score (nSPS) is 20.5. The zero-order valence-corrected chi connectivity index (χ0v) is 8.90. The van der Waals surface area contributed by atoms with E-state index in [4.69, 9.17) is 11.6 Å². The van der Waals surface area contributed by atoms with Gasteiger partial charge in [0.15, 0.2) is 0 Å². The van der Waals surface area contributed by atoms with Gasteiger partial charge in [0.1, 0.15) is 11.6 Å². The van der Waals surface area contributed by atoms with Gasteiger partial charge in [-0.3, -0.25) is 0 Å². The number of halogens is 3. The summed E-state index contributed by atoms with van der Waals surface area (Å²) in [6.07, 6.45) is 4.18. The van der Waals surface area contributed by atoms with E-state index in [9.17, 15) is 8.78 Å². The average molecular weight is 229 g/mol. The van der Waals surface area contributed by atoms with E-state index < -0.39 is 5.82 Å². The van der Waals surface area contributed by atoms with Crippen LogP contribution in [-0.2, 0) is 6.42 Å². The Labute approximate surface area is 92.6 Å². The van der Waals surface area contributed by atoms with E-state index >= 15 is 0 Å². The third-order valence-electron chi connectivity index (χ3n) is 2.58. The highest BCUT2D eigenvalue weighted by molar-refractivity contribution is 6.22. The molecule has 0 radical (unpaired) electrons. The zero-order valence-electron chi connectivity index (χ0n) is 8.14. The van der Waals surface area contributed by atoms with Crippen molar-refractivity contribution in [3.63, 3.8) is 0 Å². The number of rotatable bonds is 2. The van der Waals surface area contributed by atoms with E-state index in [0.29, 0.717) is 12.0 Å². The lowest BCUT2D eigenvalue weighted by atomic mass is 10.0. The van der Waals surface area contributed by atoms with Crippen molar-refractivity contribution < 1.29 is 8.78 Å². The summed E-state index contributed by atoms with van der Waals surface area (Å²) in [5.41, 5.74) is 1.51. The minimum Gasteiger partial charge on any atom is -0.207 e. The maximum atomic E-state index is 13.3. The first kappa shape index (κ1) is 10.6. The predicted octanol–water partition coefficient (Wildman–Crippen LogP) is 3.83. The lowest BCUT2D eigenvalue weighted by Crippen LogP contribution is -1.93. The first-order chi connectivity index (χ1) is 7.15. The van der Waals surface area contributed by atoms with Gasteiger partial charge in [-0.2, -0.15) is 0 Å². The molecule has 0 nitrogen and oxygen atoms in total. The molecule has 0 fully saturated rings. The molecular formula is C12H11ClF2. The molecule has 0 heterocycles. The maximum absolute atomic E-state index is 13.3. The Bertz CT molecular complexity index is 399. The molecule has 0 spiro atoms. The average Bonchev–Trinajstić information content (AvgIpc) is 2.58. The minimum absolute atomic E-state index is 0.0524. The fourth-order valence-corrected chi connectivity index (χ4v) is 2.10. The predicted molar refractivity (Wildman–Crippen MR) is 57.0 cm³/mol. The van der Waals surface area contributed by atoms with Crippen LogP contribution in [0.5, 0.6) is 0 Å². The van der Waals surface area contributed by atoms with E-state index in [1.54, 1.807) is 0 Å². The van der Waals surface area contributed by atoms with Gasteiger partial charge in [0.25, 0.3) is 0 Å². The Morgan fingerprint density at radius 3 is 2.80 bits per heavy atom. The zero-order chi connectivity index (χ0) is 10.8. The summed E-state index contributed by atoms with van der Waals surface area (Å²) in [5.74, 6) is -0.747. The Kier molecular flexibility index (Phi) is 3.06. The molecule has 1 aromatic carbocycles. The summed E-state index contributed by atoms with van der Waals surface area (Å²) in [4.78, 5) is 0. The van der Waals surface area contributed by atoms with Crippen molar-refractivity contribution in [3.8, 4) is 0 Å². The van der Waals surface area contributed by atoms with E-state index in [-0.39, 0.29) is 11.2 Å². The van der Waals surface area contributed by atoms with Crippen LogP contribution in [0.1, 0.15) is 18.4 Å². The smallest absolute Gasteiger partial charge is 0.126 e. The van der Waals surface area contributed by atoms with Gasteiger partial charge in [-0.05, 0) is 43.0 Å². The van der Waals surface area contributed by atoms with Gasteiger partial charge in [0.2, 0.25) is 0 Å². The molecule has 15 heavy (non-hydrogen) atoms. The van der Waals surface area contributed by atoms with Crippen LogP contribution in [0.2, 0.25) is 0 Å². The second-order valence-electron chi connectivity index (χ2n) is 3.79. The molecule has 0 N–H and O–H groups in total. The molecule has 0 saturated carbocycles. The molecule has 0 amide bonds. The number of allylic oxidation sites excluding steroid dienone is 2. The van der Waals surface area contributed by atoms with Crippen molar-refractivity contribution in [2.75, 3.05) is 0 Å². The topological polar surface area (TPSA) is 0 Å². The Balaban J connectivity index is 2.17. The first-order valence-electron chi connectivity index (χ1n) is 4.93. The third kappa shape index (κ3) is 2.57. The molecule has 1 aromatic rings. The van der Waals surface area contributed by atoms with Crippen LogP contribution in [0.25, 0.3) is 0 Å². The van der Waals surface area contributed by atoms with Gasteiger partial charge in [-0.1, -0.05) is 11.6 Å². The molecule has 1 atom stereocenters. The van der Waals surface area contributed by atoms with Crippen LogP contribution in [0.4, 0.5) is 8.78 Å². The lowest BCUT2D eigenvalue weighted by Gasteiger charge is -2.03. The lowest BCUT2D eigenvalue weighted by molar-refractivity contribution is 0.587. The molecule has 3 heteroatoms. The van der Waals surface area contributed by atoms with Crippen molar-refractivity contribution in [2.24, 2.45) is 0 Å². The van der Waals surface area contributed by atoms with Crippen molar-refractivity contribution >= 4 is 11.6 Å². The molecule has 80 valence electrons. The summed E-state index contributed by atoms with van der Waals surface area (Å²) in [6, 6.07) is 3.54. The number of hydrogen-bond acceptors (Lipinski definition) is 0. The first-order valence-corrected chi connectivity index (χ1v) is 5.36. The monoisotopic (exact) mass is 228 g/mol. The Morgan fingerprint density at radius 1 is 1.33 bits per heavy atom.